The Morgan fingerprint density at radius 1 is 1.27 bits per heavy atom. The van der Waals surface area contributed by atoms with Crippen LogP contribution in [-0.2, 0) is 23.7 Å². The summed E-state index contributed by atoms with van der Waals surface area (Å²) < 4.78 is 20.8. The molecule has 0 amide bonds. The summed E-state index contributed by atoms with van der Waals surface area (Å²) in [5.74, 6) is 1.08. The highest BCUT2D eigenvalue weighted by atomic mass is 32.2. The van der Waals surface area contributed by atoms with Crippen molar-refractivity contribution in [2.75, 3.05) is 40.8 Å². The van der Waals surface area contributed by atoms with Crippen molar-refractivity contribution >= 4 is 40.2 Å². The van der Waals surface area contributed by atoms with Crippen LogP contribution in [0.1, 0.15) is 30.6 Å². The van der Waals surface area contributed by atoms with E-state index in [0.717, 1.165) is 21.5 Å². The molecule has 0 saturated carbocycles. The normalized spacial score (nSPS) is 20.1. The molecule has 9 heteroatoms. The zero-order valence-corrected chi connectivity index (χ0v) is 19.9. The molecular formula is C21H30N2O5S2. The van der Waals surface area contributed by atoms with E-state index < -0.39 is 5.97 Å². The van der Waals surface area contributed by atoms with E-state index in [0.29, 0.717) is 18.3 Å². The molecule has 7 nitrogen and oxygen atoms in total. The quantitative estimate of drug-likeness (QED) is 0.284. The van der Waals surface area contributed by atoms with E-state index in [1.807, 2.05) is 24.5 Å². The first-order valence-electron chi connectivity index (χ1n) is 9.62. The second kappa shape index (κ2) is 12.2. The summed E-state index contributed by atoms with van der Waals surface area (Å²) in [6.07, 6.45) is 4.90. The fraction of sp³-hybridized carbons (Fsp3) is 0.571. The first-order chi connectivity index (χ1) is 14.4. The van der Waals surface area contributed by atoms with Crippen LogP contribution in [0.25, 0.3) is 6.08 Å². The summed E-state index contributed by atoms with van der Waals surface area (Å²) in [4.78, 5) is 21.1. The molecular weight excluding hydrogens is 424 g/mol. The molecule has 1 aromatic heterocycles. The van der Waals surface area contributed by atoms with Crippen LogP contribution in [0.5, 0.6) is 0 Å². The first kappa shape index (κ1) is 24.6. The van der Waals surface area contributed by atoms with Gasteiger partial charge in [0.15, 0.2) is 0 Å². The number of methoxy groups -OCH3 is 4. The molecule has 2 heterocycles. The molecule has 166 valence electrons. The smallest absolute Gasteiger partial charge is 0.333 e. The van der Waals surface area contributed by atoms with Gasteiger partial charge in [0.2, 0.25) is 0 Å². The van der Waals surface area contributed by atoms with E-state index >= 15 is 0 Å². The lowest BCUT2D eigenvalue weighted by Gasteiger charge is -2.21. The van der Waals surface area contributed by atoms with Crippen molar-refractivity contribution in [2.24, 2.45) is 16.8 Å². The maximum atomic E-state index is 11.5. The first-order valence-corrected chi connectivity index (χ1v) is 11.5. The van der Waals surface area contributed by atoms with Gasteiger partial charge in [-0.25, -0.2) is 9.78 Å². The minimum absolute atomic E-state index is 0.0942. The van der Waals surface area contributed by atoms with Crippen LogP contribution in [0.3, 0.4) is 0 Å². The second-order valence-electron chi connectivity index (χ2n) is 6.88. The Morgan fingerprint density at radius 3 is 2.67 bits per heavy atom. The minimum Gasteiger partial charge on any atom is -0.500 e. The van der Waals surface area contributed by atoms with Gasteiger partial charge in [-0.15, -0.1) is 23.1 Å². The van der Waals surface area contributed by atoms with Gasteiger partial charge in [-0.3, -0.25) is 4.99 Å². The van der Waals surface area contributed by atoms with E-state index in [2.05, 4.69) is 11.7 Å². The largest absolute Gasteiger partial charge is 0.500 e. The molecule has 0 saturated heterocycles. The predicted molar refractivity (Wildman–Crippen MR) is 122 cm³/mol. The molecule has 1 aliphatic heterocycles. The van der Waals surface area contributed by atoms with Crippen LogP contribution in [0.15, 0.2) is 28.3 Å². The molecule has 0 aromatic carbocycles. The number of carbonyl (C=O) groups is 1. The van der Waals surface area contributed by atoms with Crippen LogP contribution in [0.4, 0.5) is 0 Å². The third-order valence-corrected chi connectivity index (χ3v) is 6.95. The SMILES string of the molecule is COC[C@@H](C)C1=N[C@H](c2nc(C=C[C@H](OC)[C@@H](C)C(=CC(=O)OC)OC)cs2)CS1. The van der Waals surface area contributed by atoms with Gasteiger partial charge in [-0.05, 0) is 6.08 Å². The van der Waals surface area contributed by atoms with Crippen LogP contribution < -0.4 is 0 Å². The standard InChI is InChI=1S/C21H30N2O5S2/c1-13(10-25-3)20-23-16(12-30-20)21-22-15(11-29-21)7-8-17(26-4)14(2)18(27-5)9-19(24)28-6/h7-9,11,13-14,16-17H,10,12H2,1-6H3/t13-,14-,16+,17+/m1/s1. The van der Waals surface area contributed by atoms with Crippen molar-refractivity contribution in [3.63, 3.8) is 0 Å². The Hall–Kier alpha value is -1.68. The highest BCUT2D eigenvalue weighted by molar-refractivity contribution is 8.14. The van der Waals surface area contributed by atoms with Gasteiger partial charge in [0.25, 0.3) is 0 Å². The Bertz CT molecular complexity index is 790. The van der Waals surface area contributed by atoms with Crippen molar-refractivity contribution in [2.45, 2.75) is 26.0 Å². The third kappa shape index (κ3) is 6.66. The number of ether oxygens (including phenoxy) is 4. The van der Waals surface area contributed by atoms with Gasteiger partial charge in [-0.1, -0.05) is 19.9 Å². The number of aromatic nitrogens is 1. The summed E-state index contributed by atoms with van der Waals surface area (Å²) >= 11 is 3.39. The van der Waals surface area contributed by atoms with Gasteiger partial charge >= 0.3 is 5.97 Å². The topological polar surface area (TPSA) is 79.2 Å². The van der Waals surface area contributed by atoms with Gasteiger partial charge < -0.3 is 18.9 Å². The molecule has 1 aromatic rings. The fourth-order valence-corrected chi connectivity index (χ4v) is 5.04. The van der Waals surface area contributed by atoms with Crippen molar-refractivity contribution in [3.05, 3.63) is 34.0 Å². The molecule has 2 rings (SSSR count). The molecule has 1 aliphatic rings. The van der Waals surface area contributed by atoms with Crippen LogP contribution >= 0.6 is 23.1 Å². The van der Waals surface area contributed by atoms with Gasteiger partial charge in [-0.2, -0.15) is 0 Å². The molecule has 0 radical (unpaired) electrons. The zero-order chi connectivity index (χ0) is 22.1. The fourth-order valence-electron chi connectivity index (χ4n) is 3.00. The van der Waals surface area contributed by atoms with E-state index in [-0.39, 0.29) is 18.1 Å². The molecule has 0 aliphatic carbocycles. The predicted octanol–water partition coefficient (Wildman–Crippen LogP) is 3.98. The van der Waals surface area contributed by atoms with Gasteiger partial charge in [0.05, 0.1) is 43.7 Å². The number of aliphatic imine (C=N–C) groups is 1. The molecule has 0 bridgehead atoms. The van der Waals surface area contributed by atoms with E-state index in [1.54, 1.807) is 37.3 Å². The Kier molecular flexibility index (Phi) is 10.0. The lowest BCUT2D eigenvalue weighted by atomic mass is 10.0. The van der Waals surface area contributed by atoms with Crippen LogP contribution in [0.2, 0.25) is 0 Å². The van der Waals surface area contributed by atoms with Crippen molar-refractivity contribution in [1.82, 2.24) is 4.98 Å². The Labute approximate surface area is 186 Å². The highest BCUT2D eigenvalue weighted by Crippen LogP contribution is 2.34. The zero-order valence-electron chi connectivity index (χ0n) is 18.3. The number of nitrogens with zero attached hydrogens (tertiary/aromatic N) is 2. The number of thiazole rings is 1. The lowest BCUT2D eigenvalue weighted by molar-refractivity contribution is -0.135. The van der Waals surface area contributed by atoms with Gasteiger partial charge in [0.1, 0.15) is 16.8 Å². The van der Waals surface area contributed by atoms with Gasteiger partial charge in [0, 0.05) is 37.2 Å². The number of thioether (sulfide) groups is 1. The minimum atomic E-state index is -0.462. The molecule has 30 heavy (non-hydrogen) atoms. The monoisotopic (exact) mass is 454 g/mol. The molecule has 0 spiro atoms. The summed E-state index contributed by atoms with van der Waals surface area (Å²) in [6.45, 7) is 4.73. The molecule has 0 N–H and O–H groups in total. The Balaban J connectivity index is 2.07. The summed E-state index contributed by atoms with van der Waals surface area (Å²) in [7, 11) is 6.19. The van der Waals surface area contributed by atoms with E-state index in [4.69, 9.17) is 24.2 Å². The molecule has 4 atom stereocenters. The molecule has 0 unspecified atom stereocenters. The number of esters is 1. The molecule has 0 fully saturated rings. The van der Waals surface area contributed by atoms with Crippen LogP contribution in [-0.4, -0.2) is 62.9 Å². The summed E-state index contributed by atoms with van der Waals surface area (Å²) in [5.41, 5.74) is 0.860. The summed E-state index contributed by atoms with van der Waals surface area (Å²) in [5, 5.41) is 4.15. The maximum absolute atomic E-state index is 11.5. The lowest BCUT2D eigenvalue weighted by Crippen LogP contribution is -2.21. The number of hydrogen-bond donors (Lipinski definition) is 0. The van der Waals surface area contributed by atoms with Crippen molar-refractivity contribution in [3.8, 4) is 0 Å². The Morgan fingerprint density at radius 2 is 2.03 bits per heavy atom. The summed E-state index contributed by atoms with van der Waals surface area (Å²) in [6, 6.07) is 0.0942. The maximum Gasteiger partial charge on any atom is 0.333 e. The number of rotatable bonds is 11. The number of hydrogen-bond acceptors (Lipinski definition) is 9. The average molecular weight is 455 g/mol. The van der Waals surface area contributed by atoms with Crippen molar-refractivity contribution in [1.29, 1.82) is 0 Å². The van der Waals surface area contributed by atoms with Crippen molar-refractivity contribution < 1.29 is 23.7 Å². The second-order valence-corrected chi connectivity index (χ2v) is 8.81. The highest BCUT2D eigenvalue weighted by Gasteiger charge is 2.26. The van der Waals surface area contributed by atoms with Crippen LogP contribution in [0, 0.1) is 11.8 Å². The third-order valence-electron chi connectivity index (χ3n) is 4.70. The number of carbonyl (C=O) groups excluding carboxylic acids is 1. The van der Waals surface area contributed by atoms with E-state index in [9.17, 15) is 4.79 Å². The van der Waals surface area contributed by atoms with E-state index in [1.165, 1.54) is 20.3 Å². The average Bonchev–Trinajstić information content (AvgIpc) is 3.41.